The van der Waals surface area contributed by atoms with E-state index in [1.165, 1.54) is 28.3 Å². The largest absolute Gasteiger partial charge is 0.462 e. The average Bonchev–Trinajstić information content (AvgIpc) is 3.35. The first kappa shape index (κ1) is 25.1. The third kappa shape index (κ3) is 4.95. The second-order valence-corrected chi connectivity index (χ2v) is 11.2. The van der Waals surface area contributed by atoms with E-state index in [1.807, 2.05) is 0 Å². The van der Waals surface area contributed by atoms with E-state index in [4.69, 9.17) is 26.0 Å². The molecule has 2 saturated heterocycles. The molecule has 0 saturated carbocycles. The van der Waals surface area contributed by atoms with E-state index < -0.39 is 0 Å². The van der Waals surface area contributed by atoms with Crippen molar-refractivity contribution in [2.24, 2.45) is 5.92 Å². The fourth-order valence-electron chi connectivity index (χ4n) is 6.48. The zero-order valence-corrected chi connectivity index (χ0v) is 22.5. The molecule has 1 unspecified atom stereocenters. The summed E-state index contributed by atoms with van der Waals surface area (Å²) >= 11 is 0. The van der Waals surface area contributed by atoms with Gasteiger partial charge in [-0.25, -0.2) is 6.57 Å². The van der Waals surface area contributed by atoms with Gasteiger partial charge in [-0.3, -0.25) is 0 Å². The lowest BCUT2D eigenvalue weighted by Gasteiger charge is -2.35. The number of aromatic nitrogens is 2. The summed E-state index contributed by atoms with van der Waals surface area (Å²) in [6.07, 6.45) is 5.15. The first-order valence-electron chi connectivity index (χ1n) is 14.0. The number of aryl methyl sites for hydroxylation is 1. The summed E-state index contributed by atoms with van der Waals surface area (Å²) in [5.74, 6) is 1.31. The number of hydrogen-bond acceptors (Lipinski definition) is 6. The Balaban J connectivity index is 1.34. The van der Waals surface area contributed by atoms with Gasteiger partial charge < -0.3 is 24.1 Å². The van der Waals surface area contributed by atoms with Crippen molar-refractivity contribution in [3.05, 3.63) is 70.2 Å². The first-order valence-corrected chi connectivity index (χ1v) is 14.0. The van der Waals surface area contributed by atoms with Crippen LogP contribution in [0.5, 0.6) is 6.01 Å². The standard InChI is InChI=1S/C31H37N5O2/c1-21-8-4-10-23-11-5-13-25(29(21)23)28-16-27-26(20-37-28)30(36-15-6-9-22(18-36)17-32-2)34-31(33-27)38-19-24-12-7-14-35(24)3/h4-5,8,10-11,13,22,24,28H,6-7,9,12,14-20H2,1,3H3/t22-,24+,28?/m0/s1. The SMILES string of the molecule is [C-]#[N+]C[C@@H]1CCCN(c2nc(OC[C@H]3CCCN3C)nc3c2COC(c2cccc4cccc(C)c24)C3)C1. The highest BCUT2D eigenvalue weighted by Crippen LogP contribution is 2.39. The molecule has 3 aliphatic heterocycles. The third-order valence-corrected chi connectivity index (χ3v) is 8.59. The number of likely N-dealkylation sites (tertiary alicyclic amines) is 1. The van der Waals surface area contributed by atoms with E-state index >= 15 is 0 Å². The molecule has 0 amide bonds. The number of ether oxygens (including phenoxy) is 2. The second kappa shape index (κ2) is 10.9. The Morgan fingerprint density at radius 1 is 1.11 bits per heavy atom. The van der Waals surface area contributed by atoms with Gasteiger partial charge in [0.2, 0.25) is 6.54 Å². The highest BCUT2D eigenvalue weighted by atomic mass is 16.5. The molecular formula is C31H37N5O2. The lowest BCUT2D eigenvalue weighted by molar-refractivity contribution is 0.0264. The summed E-state index contributed by atoms with van der Waals surface area (Å²) in [6.45, 7) is 14.1. The van der Waals surface area contributed by atoms with Crippen molar-refractivity contribution >= 4 is 16.6 Å². The van der Waals surface area contributed by atoms with Crippen LogP contribution in [0.4, 0.5) is 5.82 Å². The Labute approximate surface area is 225 Å². The van der Waals surface area contributed by atoms with Crippen molar-refractivity contribution in [1.82, 2.24) is 14.9 Å². The normalized spacial score (nSPS) is 23.8. The predicted octanol–water partition coefficient (Wildman–Crippen LogP) is 5.36. The molecule has 0 bridgehead atoms. The monoisotopic (exact) mass is 511 g/mol. The van der Waals surface area contributed by atoms with E-state index in [0.717, 1.165) is 56.0 Å². The van der Waals surface area contributed by atoms with Crippen molar-refractivity contribution in [3.63, 3.8) is 0 Å². The topological polar surface area (TPSA) is 55.1 Å². The zero-order valence-electron chi connectivity index (χ0n) is 22.5. The molecule has 3 aromatic rings. The van der Waals surface area contributed by atoms with Gasteiger partial charge in [0.15, 0.2) is 0 Å². The number of benzene rings is 2. The highest BCUT2D eigenvalue weighted by molar-refractivity contribution is 5.89. The van der Waals surface area contributed by atoms with Crippen molar-refractivity contribution in [3.8, 4) is 6.01 Å². The second-order valence-electron chi connectivity index (χ2n) is 11.2. The van der Waals surface area contributed by atoms with E-state index in [9.17, 15) is 0 Å². The van der Waals surface area contributed by atoms with Gasteiger partial charge in [0.1, 0.15) is 12.4 Å². The van der Waals surface area contributed by atoms with Crippen LogP contribution in [0.25, 0.3) is 15.6 Å². The molecular weight excluding hydrogens is 474 g/mol. The van der Waals surface area contributed by atoms with Gasteiger partial charge in [-0.15, -0.1) is 0 Å². The van der Waals surface area contributed by atoms with Crippen LogP contribution in [0.1, 0.15) is 54.2 Å². The summed E-state index contributed by atoms with van der Waals surface area (Å²) in [5, 5.41) is 2.51. The van der Waals surface area contributed by atoms with Gasteiger partial charge in [0.25, 0.3) is 0 Å². The molecule has 7 heteroatoms. The molecule has 3 atom stereocenters. The summed E-state index contributed by atoms with van der Waals surface area (Å²) < 4.78 is 12.8. The van der Waals surface area contributed by atoms with Gasteiger partial charge in [0.05, 0.1) is 18.4 Å². The lowest BCUT2D eigenvalue weighted by atomic mass is 9.92. The van der Waals surface area contributed by atoms with Crippen LogP contribution >= 0.6 is 0 Å². The van der Waals surface area contributed by atoms with Crippen LogP contribution in [0.15, 0.2) is 36.4 Å². The van der Waals surface area contributed by atoms with Crippen LogP contribution in [-0.2, 0) is 17.8 Å². The molecule has 0 aliphatic carbocycles. The zero-order chi connectivity index (χ0) is 26.1. The Bertz CT molecular complexity index is 1350. The van der Waals surface area contributed by atoms with Gasteiger partial charge in [-0.2, -0.15) is 9.97 Å². The number of anilines is 1. The Kier molecular flexibility index (Phi) is 7.18. The summed E-state index contributed by atoms with van der Waals surface area (Å²) in [6, 6.07) is 13.8. The molecule has 0 spiro atoms. The number of fused-ring (bicyclic) bond motifs is 2. The maximum atomic E-state index is 7.36. The number of hydrogen-bond donors (Lipinski definition) is 0. The maximum absolute atomic E-state index is 7.36. The average molecular weight is 512 g/mol. The van der Waals surface area contributed by atoms with Crippen LogP contribution < -0.4 is 9.64 Å². The van der Waals surface area contributed by atoms with E-state index in [-0.39, 0.29) is 6.10 Å². The fourth-order valence-corrected chi connectivity index (χ4v) is 6.48. The lowest BCUT2D eigenvalue weighted by Crippen LogP contribution is -2.38. The van der Waals surface area contributed by atoms with Crippen molar-refractivity contribution in [1.29, 1.82) is 0 Å². The first-order chi connectivity index (χ1) is 18.6. The molecule has 6 rings (SSSR count). The molecule has 2 aromatic carbocycles. The molecule has 2 fully saturated rings. The molecule has 38 heavy (non-hydrogen) atoms. The molecule has 7 nitrogen and oxygen atoms in total. The number of likely N-dealkylation sites (N-methyl/N-ethyl adjacent to an activating group) is 1. The van der Waals surface area contributed by atoms with Crippen LogP contribution in [-0.4, -0.2) is 60.7 Å². The highest BCUT2D eigenvalue weighted by Gasteiger charge is 2.32. The van der Waals surface area contributed by atoms with E-state index in [2.05, 4.69) is 65.0 Å². The Morgan fingerprint density at radius 3 is 2.76 bits per heavy atom. The number of piperidine rings is 1. The molecule has 4 heterocycles. The van der Waals surface area contributed by atoms with Gasteiger partial charge in [0, 0.05) is 37.0 Å². The molecule has 1 aromatic heterocycles. The minimum Gasteiger partial charge on any atom is -0.462 e. The molecule has 198 valence electrons. The van der Waals surface area contributed by atoms with Gasteiger partial charge in [-0.1, -0.05) is 36.4 Å². The smallest absolute Gasteiger partial charge is 0.318 e. The van der Waals surface area contributed by atoms with Gasteiger partial charge in [-0.05, 0) is 68.1 Å². The van der Waals surface area contributed by atoms with E-state index in [1.54, 1.807) is 0 Å². The maximum Gasteiger partial charge on any atom is 0.318 e. The fraction of sp³-hybridized carbons (Fsp3) is 0.516. The third-order valence-electron chi connectivity index (χ3n) is 8.59. The van der Waals surface area contributed by atoms with Crippen molar-refractivity contribution in [2.75, 3.05) is 44.7 Å². The summed E-state index contributed by atoms with van der Waals surface area (Å²) in [7, 11) is 2.17. The van der Waals surface area contributed by atoms with Crippen LogP contribution in [0, 0.1) is 19.4 Å². The van der Waals surface area contributed by atoms with Gasteiger partial charge >= 0.3 is 6.01 Å². The molecule has 3 aliphatic rings. The minimum absolute atomic E-state index is 0.0694. The molecule has 0 radical (unpaired) electrons. The number of nitrogens with zero attached hydrogens (tertiary/aromatic N) is 5. The number of rotatable bonds is 6. The Hall–Kier alpha value is -3.21. The predicted molar refractivity (Wildman–Crippen MR) is 150 cm³/mol. The van der Waals surface area contributed by atoms with E-state index in [0.29, 0.717) is 44.1 Å². The minimum atomic E-state index is -0.0694. The van der Waals surface area contributed by atoms with Crippen LogP contribution in [0.2, 0.25) is 0 Å². The molecule has 0 N–H and O–H groups in total. The van der Waals surface area contributed by atoms with Crippen molar-refractivity contribution < 1.29 is 9.47 Å². The summed E-state index contributed by atoms with van der Waals surface area (Å²) in [4.78, 5) is 18.3. The van der Waals surface area contributed by atoms with Crippen LogP contribution in [0.3, 0.4) is 0 Å². The quantitative estimate of drug-likeness (QED) is 0.415. The Morgan fingerprint density at radius 2 is 1.95 bits per heavy atom. The summed E-state index contributed by atoms with van der Waals surface area (Å²) in [5.41, 5.74) is 4.59. The van der Waals surface area contributed by atoms with Crippen molar-refractivity contribution in [2.45, 2.75) is 57.8 Å².